The molecule has 2 aromatic rings. The first-order chi connectivity index (χ1) is 10.2. The van der Waals surface area contributed by atoms with Gasteiger partial charge in [0, 0.05) is 7.11 Å². The van der Waals surface area contributed by atoms with Crippen LogP contribution in [0.2, 0.25) is 0 Å². The Balaban J connectivity index is 1.93. The molecule has 0 bridgehead atoms. The maximum atomic E-state index is 10.1. The van der Waals surface area contributed by atoms with Gasteiger partial charge in [-0.3, -0.25) is 0 Å². The second-order valence-electron chi connectivity index (χ2n) is 4.68. The van der Waals surface area contributed by atoms with Crippen molar-refractivity contribution in [1.82, 2.24) is 0 Å². The molecule has 1 atom stereocenters. The fraction of sp³-hybridized carbons (Fsp3) is 0.294. The molecule has 0 fully saturated rings. The van der Waals surface area contributed by atoms with E-state index in [1.54, 1.807) is 14.2 Å². The van der Waals surface area contributed by atoms with Gasteiger partial charge in [0.25, 0.3) is 0 Å². The van der Waals surface area contributed by atoms with Gasteiger partial charge in [-0.1, -0.05) is 24.3 Å². The fourth-order valence-corrected chi connectivity index (χ4v) is 1.99. The van der Waals surface area contributed by atoms with Gasteiger partial charge in [0.15, 0.2) is 0 Å². The van der Waals surface area contributed by atoms with E-state index in [-0.39, 0.29) is 6.61 Å². The Morgan fingerprint density at radius 2 is 1.76 bits per heavy atom. The third-order valence-electron chi connectivity index (χ3n) is 3.12. The van der Waals surface area contributed by atoms with Crippen molar-refractivity contribution in [3.05, 3.63) is 59.7 Å². The second kappa shape index (κ2) is 7.67. The summed E-state index contributed by atoms with van der Waals surface area (Å²) in [7, 11) is 3.27. The molecular weight excluding hydrogens is 268 g/mol. The summed E-state index contributed by atoms with van der Waals surface area (Å²) in [4.78, 5) is 0. The lowest BCUT2D eigenvalue weighted by Crippen LogP contribution is -2.09. The number of rotatable bonds is 7. The number of methoxy groups -OCH3 is 2. The zero-order valence-corrected chi connectivity index (χ0v) is 12.3. The van der Waals surface area contributed by atoms with E-state index >= 15 is 0 Å². The standard InChI is InChI=1S/C17H20O4/c1-19-11-13-4-3-5-16(10-13)21-12-17(18)14-6-8-15(20-2)9-7-14/h3-10,17-18H,11-12H2,1-2H3. The molecule has 2 aromatic carbocycles. The minimum atomic E-state index is -0.679. The van der Waals surface area contributed by atoms with Crippen LogP contribution in [0.25, 0.3) is 0 Å². The third kappa shape index (κ3) is 4.48. The molecule has 0 aliphatic carbocycles. The van der Waals surface area contributed by atoms with Crippen molar-refractivity contribution in [1.29, 1.82) is 0 Å². The van der Waals surface area contributed by atoms with Crippen molar-refractivity contribution < 1.29 is 19.3 Å². The molecule has 112 valence electrons. The summed E-state index contributed by atoms with van der Waals surface area (Å²) in [5.74, 6) is 1.48. The summed E-state index contributed by atoms with van der Waals surface area (Å²) in [6.45, 7) is 0.737. The first-order valence-corrected chi connectivity index (χ1v) is 6.75. The van der Waals surface area contributed by atoms with E-state index in [4.69, 9.17) is 14.2 Å². The van der Waals surface area contributed by atoms with E-state index in [2.05, 4.69) is 0 Å². The Bertz CT molecular complexity index is 551. The molecule has 0 saturated carbocycles. The Hall–Kier alpha value is -2.04. The van der Waals surface area contributed by atoms with Crippen LogP contribution in [0.4, 0.5) is 0 Å². The molecular formula is C17H20O4. The van der Waals surface area contributed by atoms with Gasteiger partial charge >= 0.3 is 0 Å². The average molecular weight is 288 g/mol. The molecule has 0 aliphatic rings. The van der Waals surface area contributed by atoms with Gasteiger partial charge in [0.2, 0.25) is 0 Å². The van der Waals surface area contributed by atoms with Gasteiger partial charge in [0.05, 0.1) is 13.7 Å². The van der Waals surface area contributed by atoms with Crippen molar-refractivity contribution in [2.24, 2.45) is 0 Å². The molecule has 0 saturated heterocycles. The summed E-state index contributed by atoms with van der Waals surface area (Å²) in [6.07, 6.45) is -0.679. The first kappa shape index (κ1) is 15.4. The number of hydrogen-bond donors (Lipinski definition) is 1. The van der Waals surface area contributed by atoms with Crippen LogP contribution in [0.3, 0.4) is 0 Å². The summed E-state index contributed by atoms with van der Waals surface area (Å²) in [6, 6.07) is 14.9. The van der Waals surface area contributed by atoms with Crippen LogP contribution in [0.1, 0.15) is 17.2 Å². The minimum absolute atomic E-state index is 0.197. The monoisotopic (exact) mass is 288 g/mol. The SMILES string of the molecule is COCc1cccc(OCC(O)c2ccc(OC)cc2)c1. The first-order valence-electron chi connectivity index (χ1n) is 6.75. The van der Waals surface area contributed by atoms with Gasteiger partial charge in [-0.25, -0.2) is 0 Å². The average Bonchev–Trinajstić information content (AvgIpc) is 2.53. The number of aliphatic hydroxyl groups excluding tert-OH is 1. The molecule has 0 spiro atoms. The molecule has 0 heterocycles. The molecule has 21 heavy (non-hydrogen) atoms. The second-order valence-corrected chi connectivity index (χ2v) is 4.68. The number of hydrogen-bond acceptors (Lipinski definition) is 4. The maximum Gasteiger partial charge on any atom is 0.119 e. The van der Waals surface area contributed by atoms with Gasteiger partial charge < -0.3 is 19.3 Å². The van der Waals surface area contributed by atoms with E-state index in [1.807, 2.05) is 48.5 Å². The molecule has 0 aromatic heterocycles. The van der Waals surface area contributed by atoms with E-state index < -0.39 is 6.10 Å². The highest BCUT2D eigenvalue weighted by Gasteiger charge is 2.09. The van der Waals surface area contributed by atoms with Gasteiger partial charge in [-0.05, 0) is 35.4 Å². The molecule has 0 radical (unpaired) electrons. The summed E-state index contributed by atoms with van der Waals surface area (Å²) in [5.41, 5.74) is 1.83. The highest BCUT2D eigenvalue weighted by molar-refractivity contribution is 5.30. The van der Waals surface area contributed by atoms with E-state index in [0.29, 0.717) is 6.61 Å². The molecule has 1 N–H and O–H groups in total. The quantitative estimate of drug-likeness (QED) is 0.851. The Morgan fingerprint density at radius 3 is 2.43 bits per heavy atom. The molecule has 0 aliphatic heterocycles. The normalized spacial score (nSPS) is 12.0. The van der Waals surface area contributed by atoms with Crippen molar-refractivity contribution >= 4 is 0 Å². The zero-order chi connectivity index (χ0) is 15.1. The number of aliphatic hydroxyl groups is 1. The number of ether oxygens (including phenoxy) is 3. The highest BCUT2D eigenvalue weighted by atomic mass is 16.5. The molecule has 4 nitrogen and oxygen atoms in total. The topological polar surface area (TPSA) is 47.9 Å². The van der Waals surface area contributed by atoms with E-state index in [9.17, 15) is 5.11 Å². The summed E-state index contributed by atoms with van der Waals surface area (Å²) < 4.78 is 15.8. The van der Waals surface area contributed by atoms with Gasteiger partial charge in [-0.2, -0.15) is 0 Å². The highest BCUT2D eigenvalue weighted by Crippen LogP contribution is 2.20. The Labute approximate surface area is 124 Å². The van der Waals surface area contributed by atoms with Crippen LogP contribution >= 0.6 is 0 Å². The number of benzene rings is 2. The van der Waals surface area contributed by atoms with Crippen molar-refractivity contribution in [2.45, 2.75) is 12.7 Å². The van der Waals surface area contributed by atoms with Crippen LogP contribution in [-0.2, 0) is 11.3 Å². The lowest BCUT2D eigenvalue weighted by atomic mass is 10.1. The van der Waals surface area contributed by atoms with Crippen LogP contribution < -0.4 is 9.47 Å². The minimum Gasteiger partial charge on any atom is -0.497 e. The van der Waals surface area contributed by atoms with Crippen molar-refractivity contribution in [3.8, 4) is 11.5 Å². The molecule has 0 amide bonds. The maximum absolute atomic E-state index is 10.1. The van der Waals surface area contributed by atoms with Gasteiger partial charge in [-0.15, -0.1) is 0 Å². The van der Waals surface area contributed by atoms with Crippen LogP contribution in [-0.4, -0.2) is 25.9 Å². The predicted molar refractivity (Wildman–Crippen MR) is 80.6 cm³/mol. The molecule has 1 unspecified atom stereocenters. The zero-order valence-electron chi connectivity index (χ0n) is 12.3. The third-order valence-corrected chi connectivity index (χ3v) is 3.12. The smallest absolute Gasteiger partial charge is 0.119 e. The Kier molecular flexibility index (Phi) is 5.60. The van der Waals surface area contributed by atoms with Crippen LogP contribution in [0, 0.1) is 0 Å². The van der Waals surface area contributed by atoms with Gasteiger partial charge in [0.1, 0.15) is 24.2 Å². The Morgan fingerprint density at radius 1 is 1.00 bits per heavy atom. The van der Waals surface area contributed by atoms with Crippen molar-refractivity contribution in [2.75, 3.05) is 20.8 Å². The molecule has 4 heteroatoms. The molecule has 2 rings (SSSR count). The van der Waals surface area contributed by atoms with E-state index in [1.165, 1.54) is 0 Å². The lowest BCUT2D eigenvalue weighted by Gasteiger charge is -2.13. The summed E-state index contributed by atoms with van der Waals surface area (Å²) >= 11 is 0. The summed E-state index contributed by atoms with van der Waals surface area (Å²) in [5, 5.41) is 10.1. The van der Waals surface area contributed by atoms with Crippen LogP contribution in [0.15, 0.2) is 48.5 Å². The van der Waals surface area contributed by atoms with Crippen LogP contribution in [0.5, 0.6) is 11.5 Å². The largest absolute Gasteiger partial charge is 0.497 e. The fourth-order valence-electron chi connectivity index (χ4n) is 1.99. The lowest BCUT2D eigenvalue weighted by molar-refractivity contribution is 0.108. The van der Waals surface area contributed by atoms with Crippen molar-refractivity contribution in [3.63, 3.8) is 0 Å². The predicted octanol–water partition coefficient (Wildman–Crippen LogP) is 2.95. The van der Waals surface area contributed by atoms with E-state index in [0.717, 1.165) is 22.6 Å².